The number of rotatable bonds is 5. The van der Waals surface area contributed by atoms with E-state index in [1.54, 1.807) is 17.6 Å². The maximum Gasteiger partial charge on any atom is 0.255 e. The molecule has 0 aliphatic carbocycles. The van der Waals surface area contributed by atoms with E-state index in [4.69, 9.17) is 0 Å². The number of nitrogens with zero attached hydrogens (tertiary/aromatic N) is 3. The number of likely N-dealkylation sites (tertiary alicyclic amines) is 1. The summed E-state index contributed by atoms with van der Waals surface area (Å²) < 4.78 is 1.26. The molecule has 0 spiro atoms. The number of thiazole rings is 1. The molecular formula is C23H24N4O3S. The van der Waals surface area contributed by atoms with Gasteiger partial charge in [0, 0.05) is 30.4 Å². The first-order chi connectivity index (χ1) is 14.9. The Morgan fingerprint density at radius 1 is 1.23 bits per heavy atom. The molecule has 0 unspecified atom stereocenters. The van der Waals surface area contributed by atoms with Gasteiger partial charge in [0.1, 0.15) is 6.54 Å². The number of pyridine rings is 1. The SMILES string of the molecule is Cc1ccc(C)c([C@H]2CCCN2C(=O)c2ccc(=O)n(CC(=O)Nc3nccs3)c2)c1. The van der Waals surface area contributed by atoms with Crippen molar-refractivity contribution in [3.63, 3.8) is 0 Å². The molecule has 3 heterocycles. The predicted octanol–water partition coefficient (Wildman–Crippen LogP) is 3.54. The number of hydrogen-bond donors (Lipinski definition) is 1. The summed E-state index contributed by atoms with van der Waals surface area (Å²) in [4.78, 5) is 43.8. The molecule has 2 amide bonds. The lowest BCUT2D eigenvalue weighted by Gasteiger charge is -2.27. The second kappa shape index (κ2) is 8.85. The summed E-state index contributed by atoms with van der Waals surface area (Å²) in [5.74, 6) is -0.492. The minimum absolute atomic E-state index is 0.0148. The molecule has 0 bridgehead atoms. The number of hydrogen-bond acceptors (Lipinski definition) is 5. The summed E-state index contributed by atoms with van der Waals surface area (Å²) in [5.41, 5.74) is 3.57. The van der Waals surface area contributed by atoms with Crippen molar-refractivity contribution < 1.29 is 9.59 Å². The second-order valence-electron chi connectivity index (χ2n) is 7.79. The molecule has 1 aliphatic heterocycles. The molecule has 1 saturated heterocycles. The molecule has 1 aliphatic rings. The van der Waals surface area contributed by atoms with E-state index >= 15 is 0 Å². The minimum Gasteiger partial charge on any atom is -0.332 e. The van der Waals surface area contributed by atoms with Crippen LogP contribution < -0.4 is 10.9 Å². The van der Waals surface area contributed by atoms with Crippen LogP contribution in [0.2, 0.25) is 0 Å². The Morgan fingerprint density at radius 3 is 2.84 bits per heavy atom. The fraction of sp³-hybridized carbons (Fsp3) is 0.304. The van der Waals surface area contributed by atoms with Crippen LogP contribution in [0.3, 0.4) is 0 Å². The quantitative estimate of drug-likeness (QED) is 0.663. The molecule has 8 heteroatoms. The third kappa shape index (κ3) is 4.59. The van der Waals surface area contributed by atoms with E-state index in [9.17, 15) is 14.4 Å². The van der Waals surface area contributed by atoms with Crippen LogP contribution in [0, 0.1) is 13.8 Å². The summed E-state index contributed by atoms with van der Waals surface area (Å²) in [6.07, 6.45) is 4.91. The lowest BCUT2D eigenvalue weighted by Crippen LogP contribution is -2.33. The van der Waals surface area contributed by atoms with Crippen molar-refractivity contribution in [3.05, 3.63) is 80.7 Å². The third-order valence-corrected chi connectivity index (χ3v) is 6.22. The zero-order valence-corrected chi connectivity index (χ0v) is 18.3. The summed E-state index contributed by atoms with van der Waals surface area (Å²) in [6.45, 7) is 4.61. The van der Waals surface area contributed by atoms with Crippen molar-refractivity contribution in [2.45, 2.75) is 39.3 Å². The van der Waals surface area contributed by atoms with Crippen LogP contribution in [0.15, 0.2) is 52.9 Å². The molecule has 0 radical (unpaired) electrons. The Balaban J connectivity index is 1.55. The molecule has 2 aromatic heterocycles. The first-order valence-electron chi connectivity index (χ1n) is 10.2. The highest BCUT2D eigenvalue weighted by atomic mass is 32.1. The van der Waals surface area contributed by atoms with E-state index in [0.717, 1.165) is 12.8 Å². The number of anilines is 1. The van der Waals surface area contributed by atoms with Gasteiger partial charge >= 0.3 is 0 Å². The van der Waals surface area contributed by atoms with Gasteiger partial charge in [-0.1, -0.05) is 23.8 Å². The van der Waals surface area contributed by atoms with Gasteiger partial charge in [0.25, 0.3) is 11.5 Å². The topological polar surface area (TPSA) is 84.3 Å². The normalized spacial score (nSPS) is 15.8. The van der Waals surface area contributed by atoms with Crippen LogP contribution in [0.5, 0.6) is 0 Å². The predicted molar refractivity (Wildman–Crippen MR) is 120 cm³/mol. The maximum absolute atomic E-state index is 13.3. The van der Waals surface area contributed by atoms with Gasteiger partial charge in [-0.25, -0.2) is 4.98 Å². The Labute approximate surface area is 184 Å². The highest BCUT2D eigenvalue weighted by molar-refractivity contribution is 7.13. The Hall–Kier alpha value is -3.26. The van der Waals surface area contributed by atoms with Gasteiger partial charge in [0.15, 0.2) is 5.13 Å². The van der Waals surface area contributed by atoms with Gasteiger partial charge in [-0.05, 0) is 43.9 Å². The van der Waals surface area contributed by atoms with E-state index in [-0.39, 0.29) is 30.0 Å². The van der Waals surface area contributed by atoms with Crippen LogP contribution in [-0.2, 0) is 11.3 Å². The van der Waals surface area contributed by atoms with Crippen LogP contribution in [0.25, 0.3) is 0 Å². The molecule has 4 rings (SSSR count). The lowest BCUT2D eigenvalue weighted by atomic mass is 9.97. The van der Waals surface area contributed by atoms with E-state index < -0.39 is 0 Å². The number of aryl methyl sites for hydroxylation is 2. The molecular weight excluding hydrogens is 412 g/mol. The smallest absolute Gasteiger partial charge is 0.255 e. The van der Waals surface area contributed by atoms with E-state index in [1.807, 2.05) is 4.90 Å². The van der Waals surface area contributed by atoms with Crippen LogP contribution >= 0.6 is 11.3 Å². The number of carbonyl (C=O) groups is 2. The van der Waals surface area contributed by atoms with Crippen molar-refractivity contribution >= 4 is 28.3 Å². The van der Waals surface area contributed by atoms with E-state index in [2.05, 4.69) is 42.3 Å². The lowest BCUT2D eigenvalue weighted by molar-refractivity contribution is -0.116. The summed E-state index contributed by atoms with van der Waals surface area (Å²) >= 11 is 1.30. The van der Waals surface area contributed by atoms with Gasteiger partial charge in [0.2, 0.25) is 5.91 Å². The molecule has 31 heavy (non-hydrogen) atoms. The van der Waals surface area contributed by atoms with Crippen molar-refractivity contribution in [2.24, 2.45) is 0 Å². The van der Waals surface area contributed by atoms with E-state index in [1.165, 1.54) is 44.9 Å². The van der Waals surface area contributed by atoms with Gasteiger partial charge in [-0.2, -0.15) is 0 Å². The Kier molecular flexibility index (Phi) is 5.99. The van der Waals surface area contributed by atoms with E-state index in [0.29, 0.717) is 17.2 Å². The van der Waals surface area contributed by atoms with Crippen molar-refractivity contribution in [1.29, 1.82) is 0 Å². The summed E-state index contributed by atoms with van der Waals surface area (Å²) in [7, 11) is 0. The van der Waals surface area contributed by atoms with Gasteiger partial charge in [0.05, 0.1) is 11.6 Å². The highest BCUT2D eigenvalue weighted by Gasteiger charge is 2.31. The first-order valence-corrected chi connectivity index (χ1v) is 11.1. The largest absolute Gasteiger partial charge is 0.332 e. The van der Waals surface area contributed by atoms with Crippen LogP contribution in [-0.4, -0.2) is 32.8 Å². The zero-order valence-electron chi connectivity index (χ0n) is 17.5. The van der Waals surface area contributed by atoms with Crippen LogP contribution in [0.4, 0.5) is 5.13 Å². The number of amides is 2. The standard InChI is InChI=1S/C23H24N4O3S/c1-15-5-6-16(2)18(12-15)19-4-3-10-27(19)22(30)17-7-8-21(29)26(13-17)14-20(28)25-23-24-9-11-31-23/h5-9,11-13,19H,3-4,10,14H2,1-2H3,(H,24,25,28)/t19-/m1/s1. The third-order valence-electron chi connectivity index (χ3n) is 5.53. The number of benzene rings is 1. The molecule has 160 valence electrons. The number of nitrogens with one attached hydrogen (secondary N) is 1. The highest BCUT2D eigenvalue weighted by Crippen LogP contribution is 2.35. The summed E-state index contributed by atoms with van der Waals surface area (Å²) in [6, 6.07) is 9.21. The van der Waals surface area contributed by atoms with Crippen LogP contribution in [0.1, 0.15) is 45.9 Å². The van der Waals surface area contributed by atoms with Crippen molar-refractivity contribution in [2.75, 3.05) is 11.9 Å². The average molecular weight is 437 g/mol. The number of aromatic nitrogens is 2. The fourth-order valence-electron chi connectivity index (χ4n) is 4.00. The van der Waals surface area contributed by atoms with Gasteiger partial charge < -0.3 is 14.8 Å². The fourth-order valence-corrected chi connectivity index (χ4v) is 4.54. The monoisotopic (exact) mass is 436 g/mol. The molecule has 1 atom stereocenters. The molecule has 1 N–H and O–H groups in total. The zero-order chi connectivity index (χ0) is 22.0. The average Bonchev–Trinajstić information content (AvgIpc) is 3.43. The minimum atomic E-state index is -0.365. The summed E-state index contributed by atoms with van der Waals surface area (Å²) in [5, 5.41) is 4.88. The van der Waals surface area contributed by atoms with Gasteiger partial charge in [-0.15, -0.1) is 11.3 Å². The Bertz CT molecular complexity index is 1170. The number of carbonyl (C=O) groups excluding carboxylic acids is 2. The molecule has 0 saturated carbocycles. The van der Waals surface area contributed by atoms with Gasteiger partial charge in [-0.3, -0.25) is 14.4 Å². The Morgan fingerprint density at radius 2 is 2.06 bits per heavy atom. The van der Waals surface area contributed by atoms with Crippen molar-refractivity contribution in [3.8, 4) is 0 Å². The maximum atomic E-state index is 13.3. The molecule has 1 fully saturated rings. The molecule has 1 aromatic carbocycles. The molecule has 3 aromatic rings. The molecule has 7 nitrogen and oxygen atoms in total. The second-order valence-corrected chi connectivity index (χ2v) is 8.68. The first kappa shape index (κ1) is 21.0. The van der Waals surface area contributed by atoms with Crippen molar-refractivity contribution in [1.82, 2.24) is 14.5 Å².